The number of nitriles is 1. The molecule has 5 nitrogen and oxygen atoms in total. The highest BCUT2D eigenvalue weighted by molar-refractivity contribution is 7.89. The average molecular weight is 305 g/mol. The molecule has 2 heterocycles. The summed E-state index contributed by atoms with van der Waals surface area (Å²) in [4.78, 5) is 0.323. The van der Waals surface area contributed by atoms with Crippen molar-refractivity contribution in [1.82, 2.24) is 9.62 Å². The molecule has 2 aliphatic rings. The molecule has 0 aromatic heterocycles. The Morgan fingerprint density at radius 1 is 1.33 bits per heavy atom. The van der Waals surface area contributed by atoms with Gasteiger partial charge in [-0.25, -0.2) is 8.42 Å². The van der Waals surface area contributed by atoms with Crippen LogP contribution in [0.15, 0.2) is 29.2 Å². The summed E-state index contributed by atoms with van der Waals surface area (Å²) < 4.78 is 27.5. The molecular weight excluding hydrogens is 286 g/mol. The number of sulfonamides is 1. The second kappa shape index (κ2) is 5.41. The number of nitrogens with one attached hydrogen (secondary N) is 1. The number of hydrogen-bond acceptors (Lipinski definition) is 4. The van der Waals surface area contributed by atoms with Gasteiger partial charge in [-0.05, 0) is 43.5 Å². The molecule has 1 N–H and O–H groups in total. The molecule has 0 radical (unpaired) electrons. The summed E-state index contributed by atoms with van der Waals surface area (Å²) in [6.07, 6.45) is 1.22. The Balaban J connectivity index is 1.91. The molecule has 112 valence electrons. The molecule has 2 saturated heterocycles. The fourth-order valence-corrected chi connectivity index (χ4v) is 5.42. The third-order valence-corrected chi connectivity index (χ3v) is 6.54. The monoisotopic (exact) mass is 305 g/mol. The van der Waals surface area contributed by atoms with Crippen LogP contribution < -0.4 is 5.32 Å². The lowest BCUT2D eigenvalue weighted by atomic mass is 10.0. The van der Waals surface area contributed by atoms with Gasteiger partial charge in [0.2, 0.25) is 10.0 Å². The molecule has 1 aromatic rings. The molecule has 3 atom stereocenters. The summed E-state index contributed by atoms with van der Waals surface area (Å²) in [5, 5.41) is 12.0. The predicted molar refractivity (Wildman–Crippen MR) is 79.0 cm³/mol. The van der Waals surface area contributed by atoms with E-state index in [-0.39, 0.29) is 12.1 Å². The Morgan fingerprint density at radius 2 is 2.05 bits per heavy atom. The number of hydrogen-bond donors (Lipinski definition) is 1. The van der Waals surface area contributed by atoms with E-state index in [1.54, 1.807) is 28.6 Å². The Morgan fingerprint density at radius 3 is 2.71 bits per heavy atom. The predicted octanol–water partition coefficient (Wildman–Crippen LogP) is 1.12. The molecule has 2 aliphatic heterocycles. The summed E-state index contributed by atoms with van der Waals surface area (Å²) in [7, 11) is -3.46. The van der Waals surface area contributed by atoms with Crippen molar-refractivity contribution in [3.05, 3.63) is 29.8 Å². The van der Waals surface area contributed by atoms with Gasteiger partial charge in [-0.1, -0.05) is 12.1 Å². The second-order valence-corrected chi connectivity index (χ2v) is 7.73. The van der Waals surface area contributed by atoms with Gasteiger partial charge in [-0.3, -0.25) is 0 Å². The van der Waals surface area contributed by atoms with Gasteiger partial charge in [0.25, 0.3) is 0 Å². The molecule has 0 amide bonds. The van der Waals surface area contributed by atoms with Crippen LogP contribution in [-0.4, -0.2) is 37.9 Å². The Bertz CT molecular complexity index is 663. The first kappa shape index (κ1) is 14.5. The molecule has 2 fully saturated rings. The standard InChI is InChI=1S/C15H19N3O2S/c1-11-8-13-9-17-10-15(13)18(11)21(19,20)14-4-2-12(3-5-14)6-7-16/h2-5,11,13,15,17H,6,8-10H2,1H3. The van der Waals surface area contributed by atoms with Crippen molar-refractivity contribution in [3.8, 4) is 6.07 Å². The fourth-order valence-electron chi connectivity index (χ4n) is 3.53. The van der Waals surface area contributed by atoms with Crippen LogP contribution in [0.25, 0.3) is 0 Å². The topological polar surface area (TPSA) is 73.2 Å². The van der Waals surface area contributed by atoms with Crippen LogP contribution in [0, 0.1) is 17.2 Å². The second-order valence-electron chi connectivity index (χ2n) is 5.88. The van der Waals surface area contributed by atoms with E-state index in [1.165, 1.54) is 0 Å². The van der Waals surface area contributed by atoms with Crippen LogP contribution in [0.4, 0.5) is 0 Å². The van der Waals surface area contributed by atoms with Crippen molar-refractivity contribution in [1.29, 1.82) is 5.26 Å². The molecular formula is C15H19N3O2S. The minimum absolute atomic E-state index is 0.0471. The lowest BCUT2D eigenvalue weighted by Crippen LogP contribution is -2.42. The summed E-state index contributed by atoms with van der Waals surface area (Å²) in [5.74, 6) is 0.424. The Kier molecular flexibility index (Phi) is 3.74. The minimum Gasteiger partial charge on any atom is -0.315 e. The van der Waals surface area contributed by atoms with Crippen LogP contribution >= 0.6 is 0 Å². The van der Waals surface area contributed by atoms with Crippen LogP contribution in [0.1, 0.15) is 18.9 Å². The smallest absolute Gasteiger partial charge is 0.243 e. The van der Waals surface area contributed by atoms with Crippen LogP contribution in [0.5, 0.6) is 0 Å². The van der Waals surface area contributed by atoms with Crippen molar-refractivity contribution >= 4 is 10.0 Å². The fraction of sp³-hybridized carbons (Fsp3) is 0.533. The SMILES string of the molecule is CC1CC2CNCC2N1S(=O)(=O)c1ccc(CC#N)cc1. The first-order valence-corrected chi connectivity index (χ1v) is 8.68. The molecule has 21 heavy (non-hydrogen) atoms. The van der Waals surface area contributed by atoms with Gasteiger partial charge in [-0.15, -0.1) is 0 Å². The highest BCUT2D eigenvalue weighted by Crippen LogP contribution is 2.36. The molecule has 3 rings (SSSR count). The van der Waals surface area contributed by atoms with Gasteiger partial charge < -0.3 is 5.32 Å². The van der Waals surface area contributed by atoms with Gasteiger partial charge in [0, 0.05) is 18.6 Å². The maximum Gasteiger partial charge on any atom is 0.243 e. The molecule has 1 aromatic carbocycles. The molecule has 3 unspecified atom stereocenters. The third kappa shape index (κ3) is 2.46. The van der Waals surface area contributed by atoms with E-state index in [1.807, 2.05) is 6.92 Å². The number of nitrogens with zero attached hydrogens (tertiary/aromatic N) is 2. The van der Waals surface area contributed by atoms with Gasteiger partial charge in [0.05, 0.1) is 17.4 Å². The summed E-state index contributed by atoms with van der Waals surface area (Å²) in [6.45, 7) is 3.63. The third-order valence-electron chi connectivity index (χ3n) is 4.49. The van der Waals surface area contributed by atoms with Crippen molar-refractivity contribution in [2.45, 2.75) is 36.7 Å². The zero-order chi connectivity index (χ0) is 15.0. The van der Waals surface area contributed by atoms with Crippen LogP contribution in [-0.2, 0) is 16.4 Å². The van der Waals surface area contributed by atoms with E-state index in [9.17, 15) is 8.42 Å². The average Bonchev–Trinajstić information content (AvgIpc) is 2.99. The Labute approximate surface area is 125 Å². The van der Waals surface area contributed by atoms with E-state index in [2.05, 4.69) is 11.4 Å². The van der Waals surface area contributed by atoms with Gasteiger partial charge in [0.1, 0.15) is 0 Å². The molecule has 0 spiro atoms. The minimum atomic E-state index is -3.46. The largest absolute Gasteiger partial charge is 0.315 e. The van der Waals surface area contributed by atoms with Gasteiger partial charge >= 0.3 is 0 Å². The van der Waals surface area contributed by atoms with Crippen molar-refractivity contribution in [3.63, 3.8) is 0 Å². The summed E-state index contributed by atoms with van der Waals surface area (Å²) in [6, 6.07) is 8.86. The van der Waals surface area contributed by atoms with Gasteiger partial charge in [-0.2, -0.15) is 9.57 Å². The first-order chi connectivity index (χ1) is 10.0. The number of benzene rings is 1. The summed E-state index contributed by atoms with van der Waals surface area (Å²) >= 11 is 0. The maximum absolute atomic E-state index is 12.9. The summed E-state index contributed by atoms with van der Waals surface area (Å²) in [5.41, 5.74) is 0.839. The normalized spacial score (nSPS) is 29.2. The molecule has 6 heteroatoms. The zero-order valence-electron chi connectivity index (χ0n) is 12.0. The van der Waals surface area contributed by atoms with Crippen molar-refractivity contribution in [2.24, 2.45) is 5.92 Å². The van der Waals surface area contributed by atoms with E-state index >= 15 is 0 Å². The maximum atomic E-state index is 12.9. The van der Waals surface area contributed by atoms with Crippen LogP contribution in [0.3, 0.4) is 0 Å². The van der Waals surface area contributed by atoms with E-state index in [0.29, 0.717) is 17.2 Å². The van der Waals surface area contributed by atoms with Crippen molar-refractivity contribution in [2.75, 3.05) is 13.1 Å². The quantitative estimate of drug-likeness (QED) is 0.908. The first-order valence-electron chi connectivity index (χ1n) is 7.24. The van der Waals surface area contributed by atoms with Crippen molar-refractivity contribution < 1.29 is 8.42 Å². The molecule has 0 saturated carbocycles. The van der Waals surface area contributed by atoms with Gasteiger partial charge in [0.15, 0.2) is 0 Å². The van der Waals surface area contributed by atoms with E-state index in [4.69, 9.17) is 5.26 Å². The lowest BCUT2D eigenvalue weighted by Gasteiger charge is -2.26. The Hall–Kier alpha value is -1.42. The number of fused-ring (bicyclic) bond motifs is 1. The number of rotatable bonds is 3. The van der Waals surface area contributed by atoms with E-state index in [0.717, 1.165) is 25.1 Å². The zero-order valence-corrected chi connectivity index (χ0v) is 12.8. The van der Waals surface area contributed by atoms with E-state index < -0.39 is 10.0 Å². The lowest BCUT2D eigenvalue weighted by molar-refractivity contribution is 0.336. The molecule has 0 aliphatic carbocycles. The van der Waals surface area contributed by atoms with Crippen LogP contribution in [0.2, 0.25) is 0 Å². The highest BCUT2D eigenvalue weighted by atomic mass is 32.2. The molecule has 0 bridgehead atoms. The highest BCUT2D eigenvalue weighted by Gasteiger charge is 2.47.